The van der Waals surface area contributed by atoms with Gasteiger partial charge in [-0.25, -0.2) is 0 Å². The summed E-state index contributed by atoms with van der Waals surface area (Å²) in [7, 11) is 1.83. The molecule has 0 aromatic carbocycles. The van der Waals surface area contributed by atoms with Gasteiger partial charge < -0.3 is 10.4 Å². The van der Waals surface area contributed by atoms with Gasteiger partial charge in [0.25, 0.3) is 0 Å². The monoisotopic (exact) mass is 180 g/mol. The van der Waals surface area contributed by atoms with Crippen molar-refractivity contribution in [3.8, 4) is 0 Å². The Morgan fingerprint density at radius 1 is 1.54 bits per heavy atom. The quantitative estimate of drug-likeness (QED) is 0.713. The summed E-state index contributed by atoms with van der Waals surface area (Å²) in [4.78, 5) is 4.16. The molecule has 1 aromatic rings. The number of nitrogens with zero attached hydrogens (tertiary/aromatic N) is 1. The van der Waals surface area contributed by atoms with E-state index in [4.69, 9.17) is 0 Å². The molecule has 0 aliphatic carbocycles. The highest BCUT2D eigenvalue weighted by molar-refractivity contribution is 5.06. The van der Waals surface area contributed by atoms with E-state index in [0.29, 0.717) is 13.0 Å². The molecule has 3 heteroatoms. The Kier molecular flexibility index (Phi) is 3.39. The van der Waals surface area contributed by atoms with Crippen LogP contribution in [0.1, 0.15) is 12.6 Å². The van der Waals surface area contributed by atoms with Gasteiger partial charge in [0.05, 0.1) is 5.60 Å². The molecular formula is C10H16N2O. The number of hydrogen-bond acceptors (Lipinski definition) is 3. The van der Waals surface area contributed by atoms with Gasteiger partial charge in [-0.2, -0.15) is 0 Å². The van der Waals surface area contributed by atoms with Crippen molar-refractivity contribution in [1.82, 2.24) is 10.3 Å². The molecule has 0 aliphatic heterocycles. The van der Waals surface area contributed by atoms with Gasteiger partial charge in [-0.3, -0.25) is 4.98 Å². The highest BCUT2D eigenvalue weighted by Crippen LogP contribution is 2.09. The molecule has 1 unspecified atom stereocenters. The minimum atomic E-state index is -0.719. The van der Waals surface area contributed by atoms with Crippen molar-refractivity contribution in [2.24, 2.45) is 0 Å². The molecule has 72 valence electrons. The molecule has 3 nitrogen and oxygen atoms in total. The van der Waals surface area contributed by atoms with E-state index in [1.807, 2.05) is 25.2 Å². The largest absolute Gasteiger partial charge is 0.388 e. The van der Waals surface area contributed by atoms with E-state index in [1.54, 1.807) is 13.1 Å². The van der Waals surface area contributed by atoms with Crippen LogP contribution in [-0.4, -0.2) is 29.3 Å². The Labute approximate surface area is 78.8 Å². The molecular weight excluding hydrogens is 164 g/mol. The van der Waals surface area contributed by atoms with Crippen molar-refractivity contribution >= 4 is 0 Å². The topological polar surface area (TPSA) is 45.1 Å². The summed E-state index contributed by atoms with van der Waals surface area (Å²) < 4.78 is 0. The number of aromatic nitrogens is 1. The van der Waals surface area contributed by atoms with Crippen molar-refractivity contribution in [2.45, 2.75) is 18.9 Å². The second-order valence-electron chi connectivity index (χ2n) is 3.53. The van der Waals surface area contributed by atoms with Gasteiger partial charge in [0.1, 0.15) is 0 Å². The zero-order valence-corrected chi connectivity index (χ0v) is 8.12. The number of hydrogen-bond donors (Lipinski definition) is 2. The Morgan fingerprint density at radius 3 is 2.85 bits per heavy atom. The van der Waals surface area contributed by atoms with Crippen LogP contribution in [0.15, 0.2) is 24.4 Å². The summed E-state index contributed by atoms with van der Waals surface area (Å²) in [5.74, 6) is 0. The first-order valence-corrected chi connectivity index (χ1v) is 4.41. The normalized spacial score (nSPS) is 15.3. The molecule has 0 saturated carbocycles. The van der Waals surface area contributed by atoms with Gasteiger partial charge in [0.2, 0.25) is 0 Å². The van der Waals surface area contributed by atoms with Gasteiger partial charge in [-0.1, -0.05) is 6.07 Å². The number of aliphatic hydroxyl groups is 1. The van der Waals surface area contributed by atoms with Crippen molar-refractivity contribution < 1.29 is 5.11 Å². The summed E-state index contributed by atoms with van der Waals surface area (Å²) in [5, 5.41) is 12.8. The average Bonchev–Trinajstić information content (AvgIpc) is 2.04. The van der Waals surface area contributed by atoms with E-state index in [1.165, 1.54) is 0 Å². The molecule has 0 fully saturated rings. The number of likely N-dealkylation sites (N-methyl/N-ethyl adjacent to an activating group) is 1. The summed E-state index contributed by atoms with van der Waals surface area (Å²) in [6, 6.07) is 5.72. The third kappa shape index (κ3) is 3.53. The molecule has 1 heterocycles. The standard InChI is InChI=1S/C10H16N2O/c1-10(13,8-11-2)7-9-5-3-4-6-12-9/h3-6,11,13H,7-8H2,1-2H3. The van der Waals surface area contributed by atoms with Crippen molar-refractivity contribution in [3.05, 3.63) is 30.1 Å². The number of pyridine rings is 1. The molecule has 13 heavy (non-hydrogen) atoms. The lowest BCUT2D eigenvalue weighted by atomic mass is 10.00. The predicted octanol–water partition coefficient (Wildman–Crippen LogP) is 0.594. The molecule has 0 aliphatic rings. The van der Waals surface area contributed by atoms with Crippen LogP contribution >= 0.6 is 0 Å². The Morgan fingerprint density at radius 2 is 2.31 bits per heavy atom. The van der Waals surface area contributed by atoms with Gasteiger partial charge in [0.15, 0.2) is 0 Å². The number of nitrogens with one attached hydrogen (secondary N) is 1. The average molecular weight is 180 g/mol. The molecule has 0 amide bonds. The fourth-order valence-corrected chi connectivity index (χ4v) is 1.34. The maximum absolute atomic E-state index is 9.87. The maximum Gasteiger partial charge on any atom is 0.0798 e. The molecule has 1 aromatic heterocycles. The first-order valence-electron chi connectivity index (χ1n) is 4.41. The molecule has 0 radical (unpaired) electrons. The van der Waals surface area contributed by atoms with Crippen LogP contribution in [0.25, 0.3) is 0 Å². The van der Waals surface area contributed by atoms with E-state index in [2.05, 4.69) is 10.3 Å². The van der Waals surface area contributed by atoms with E-state index in [9.17, 15) is 5.11 Å². The lowest BCUT2D eigenvalue weighted by molar-refractivity contribution is 0.0613. The zero-order valence-electron chi connectivity index (χ0n) is 8.12. The summed E-state index contributed by atoms with van der Waals surface area (Å²) in [6.07, 6.45) is 2.32. The van der Waals surface area contributed by atoms with E-state index in [0.717, 1.165) is 5.69 Å². The molecule has 0 saturated heterocycles. The van der Waals surface area contributed by atoms with Gasteiger partial charge >= 0.3 is 0 Å². The SMILES string of the molecule is CNCC(C)(O)Cc1ccccn1. The van der Waals surface area contributed by atoms with Crippen LogP contribution in [0.5, 0.6) is 0 Å². The van der Waals surface area contributed by atoms with Gasteiger partial charge in [-0.15, -0.1) is 0 Å². The van der Waals surface area contributed by atoms with Crippen molar-refractivity contribution in [3.63, 3.8) is 0 Å². The molecule has 0 spiro atoms. The van der Waals surface area contributed by atoms with Crippen LogP contribution in [0.2, 0.25) is 0 Å². The lowest BCUT2D eigenvalue weighted by Crippen LogP contribution is -2.38. The maximum atomic E-state index is 9.87. The first-order chi connectivity index (χ1) is 6.14. The predicted molar refractivity (Wildman–Crippen MR) is 52.5 cm³/mol. The molecule has 1 atom stereocenters. The molecule has 0 bridgehead atoms. The second-order valence-corrected chi connectivity index (χ2v) is 3.53. The third-order valence-electron chi connectivity index (χ3n) is 1.85. The van der Waals surface area contributed by atoms with Crippen molar-refractivity contribution in [2.75, 3.05) is 13.6 Å². The minimum Gasteiger partial charge on any atom is -0.388 e. The van der Waals surface area contributed by atoms with E-state index >= 15 is 0 Å². The Hall–Kier alpha value is -0.930. The number of rotatable bonds is 4. The third-order valence-corrected chi connectivity index (χ3v) is 1.85. The van der Waals surface area contributed by atoms with Crippen LogP contribution in [0.3, 0.4) is 0 Å². The lowest BCUT2D eigenvalue weighted by Gasteiger charge is -2.22. The van der Waals surface area contributed by atoms with E-state index in [-0.39, 0.29) is 0 Å². The van der Waals surface area contributed by atoms with Crippen LogP contribution in [-0.2, 0) is 6.42 Å². The fourth-order valence-electron chi connectivity index (χ4n) is 1.34. The van der Waals surface area contributed by atoms with E-state index < -0.39 is 5.60 Å². The summed E-state index contributed by atoms with van der Waals surface area (Å²) in [6.45, 7) is 2.38. The van der Waals surface area contributed by atoms with Crippen LogP contribution in [0.4, 0.5) is 0 Å². The minimum absolute atomic E-state index is 0.573. The zero-order chi connectivity index (χ0) is 9.73. The van der Waals surface area contributed by atoms with Crippen LogP contribution in [0, 0.1) is 0 Å². The summed E-state index contributed by atoms with van der Waals surface area (Å²) >= 11 is 0. The Balaban J connectivity index is 2.58. The Bertz CT molecular complexity index is 246. The van der Waals surface area contributed by atoms with Gasteiger partial charge in [-0.05, 0) is 26.1 Å². The highest BCUT2D eigenvalue weighted by Gasteiger charge is 2.19. The van der Waals surface area contributed by atoms with Crippen LogP contribution < -0.4 is 5.32 Å². The summed E-state index contributed by atoms with van der Waals surface area (Å²) in [5.41, 5.74) is 0.200. The van der Waals surface area contributed by atoms with Gasteiger partial charge in [0, 0.05) is 24.9 Å². The second kappa shape index (κ2) is 4.35. The highest BCUT2D eigenvalue weighted by atomic mass is 16.3. The van der Waals surface area contributed by atoms with Crippen molar-refractivity contribution in [1.29, 1.82) is 0 Å². The molecule has 2 N–H and O–H groups in total. The fraction of sp³-hybridized carbons (Fsp3) is 0.500. The first kappa shape index (κ1) is 10.2. The molecule has 1 rings (SSSR count). The smallest absolute Gasteiger partial charge is 0.0798 e.